The summed E-state index contributed by atoms with van der Waals surface area (Å²) in [4.78, 5) is 31.9. The molecule has 1 fully saturated rings. The van der Waals surface area contributed by atoms with Crippen LogP contribution in [0, 0.1) is 0 Å². The van der Waals surface area contributed by atoms with Gasteiger partial charge in [0.15, 0.2) is 6.61 Å². The van der Waals surface area contributed by atoms with Crippen molar-refractivity contribution in [1.82, 2.24) is 10.2 Å². The lowest BCUT2D eigenvalue weighted by Gasteiger charge is -2.36. The van der Waals surface area contributed by atoms with Crippen LogP contribution in [0.5, 0.6) is 5.75 Å². The summed E-state index contributed by atoms with van der Waals surface area (Å²) < 4.78 is 10.8. The molecule has 1 saturated heterocycles. The van der Waals surface area contributed by atoms with Crippen molar-refractivity contribution in [2.24, 2.45) is 5.16 Å². The Morgan fingerprint density at radius 2 is 1.91 bits per heavy atom. The van der Waals surface area contributed by atoms with Crippen molar-refractivity contribution in [1.29, 1.82) is 0 Å². The molecule has 1 N–H and O–H groups in total. The van der Waals surface area contributed by atoms with Gasteiger partial charge in [-0.2, -0.15) is 0 Å². The average Bonchev–Trinajstić information content (AvgIpc) is 3.19. The van der Waals surface area contributed by atoms with E-state index >= 15 is 0 Å². The minimum absolute atomic E-state index is 0.0549. The number of nitrogens with zero attached hydrogens (tertiary/aromatic N) is 2. The van der Waals surface area contributed by atoms with E-state index in [-0.39, 0.29) is 18.4 Å². The lowest BCUT2D eigenvalue weighted by atomic mass is 9.88. The third kappa shape index (κ3) is 5.70. The first kappa shape index (κ1) is 22.0. The minimum Gasteiger partial charge on any atom is -0.484 e. The van der Waals surface area contributed by atoms with Gasteiger partial charge in [0.2, 0.25) is 5.90 Å². The fourth-order valence-electron chi connectivity index (χ4n) is 3.68. The Morgan fingerprint density at radius 3 is 2.66 bits per heavy atom. The quantitative estimate of drug-likeness (QED) is 0.738. The highest BCUT2D eigenvalue weighted by Crippen LogP contribution is 2.35. The van der Waals surface area contributed by atoms with Gasteiger partial charge in [-0.05, 0) is 23.8 Å². The molecule has 2 aromatic carbocycles. The number of halogens is 1. The molecule has 2 aromatic rings. The number of benzene rings is 2. The second-order valence-electron chi connectivity index (χ2n) is 7.79. The first-order valence-electron chi connectivity index (χ1n) is 10.4. The van der Waals surface area contributed by atoms with Crippen LogP contribution in [0.15, 0.2) is 59.8 Å². The summed E-state index contributed by atoms with van der Waals surface area (Å²) in [5.41, 5.74) is 0.432. The summed E-state index contributed by atoms with van der Waals surface area (Å²) in [6, 6.07) is 16.5. The van der Waals surface area contributed by atoms with Crippen molar-refractivity contribution in [3.8, 4) is 5.75 Å². The van der Waals surface area contributed by atoms with Crippen LogP contribution in [-0.4, -0.2) is 48.1 Å². The van der Waals surface area contributed by atoms with E-state index < -0.39 is 11.7 Å². The summed E-state index contributed by atoms with van der Waals surface area (Å²) in [5.74, 6) is 0.703. The van der Waals surface area contributed by atoms with Gasteiger partial charge in [0.25, 0.3) is 5.91 Å². The van der Waals surface area contributed by atoms with Crippen molar-refractivity contribution in [2.75, 3.05) is 19.7 Å². The number of hydrogen-bond acceptors (Lipinski definition) is 6. The molecule has 168 valence electrons. The van der Waals surface area contributed by atoms with Gasteiger partial charge in [0, 0.05) is 37.5 Å². The van der Waals surface area contributed by atoms with Crippen molar-refractivity contribution in [3.63, 3.8) is 0 Å². The lowest BCUT2D eigenvalue weighted by Crippen LogP contribution is -2.48. The van der Waals surface area contributed by atoms with E-state index in [0.29, 0.717) is 49.7 Å². The van der Waals surface area contributed by atoms with Gasteiger partial charge in [-0.15, -0.1) is 0 Å². The topological polar surface area (TPSA) is 89.5 Å². The molecule has 0 aromatic heterocycles. The van der Waals surface area contributed by atoms with Crippen LogP contribution in [0.25, 0.3) is 0 Å². The summed E-state index contributed by atoms with van der Waals surface area (Å²) >= 11 is 5.93. The molecule has 0 saturated carbocycles. The van der Waals surface area contributed by atoms with Crippen molar-refractivity contribution < 1.29 is 23.9 Å². The van der Waals surface area contributed by atoms with Gasteiger partial charge < -0.3 is 24.5 Å². The Kier molecular flexibility index (Phi) is 6.80. The molecule has 0 atom stereocenters. The molecular weight excluding hydrogens is 434 g/mol. The third-order valence-corrected chi connectivity index (χ3v) is 5.73. The molecule has 1 spiro atoms. The molecule has 2 aliphatic rings. The predicted octanol–water partition coefficient (Wildman–Crippen LogP) is 3.74. The van der Waals surface area contributed by atoms with Gasteiger partial charge >= 0.3 is 6.09 Å². The van der Waals surface area contributed by atoms with Crippen LogP contribution in [0.4, 0.5) is 4.79 Å². The van der Waals surface area contributed by atoms with Crippen LogP contribution in [0.1, 0.15) is 24.8 Å². The lowest BCUT2D eigenvalue weighted by molar-refractivity contribution is -0.139. The van der Waals surface area contributed by atoms with Crippen LogP contribution < -0.4 is 10.1 Å². The predicted molar refractivity (Wildman–Crippen MR) is 118 cm³/mol. The number of rotatable bonds is 5. The maximum Gasteiger partial charge on any atom is 0.414 e. The number of nitrogens with one attached hydrogen (secondary N) is 1. The molecular formula is C23H24ClN3O5. The van der Waals surface area contributed by atoms with E-state index in [1.165, 1.54) is 0 Å². The van der Waals surface area contributed by atoms with Gasteiger partial charge in [0.05, 0.1) is 6.42 Å². The Balaban J connectivity index is 1.18. The number of carbonyl (C=O) groups is 2. The molecule has 0 bridgehead atoms. The minimum atomic E-state index is -0.570. The molecule has 4 rings (SSSR count). The zero-order valence-electron chi connectivity index (χ0n) is 17.5. The van der Waals surface area contributed by atoms with Crippen LogP contribution in [0.3, 0.4) is 0 Å². The average molecular weight is 458 g/mol. The number of carbonyl (C=O) groups excluding carboxylic acids is 2. The molecule has 0 unspecified atom stereocenters. The second-order valence-corrected chi connectivity index (χ2v) is 8.23. The standard InChI is InChI=1S/C23H24ClN3O5/c24-18-7-4-8-19(13-18)30-16-21(28)27-11-9-23(10-12-27)14-20(26-32-23)31-22(29)25-15-17-5-2-1-3-6-17/h1-8,13H,9-12,14-16H2,(H,25,29). The summed E-state index contributed by atoms with van der Waals surface area (Å²) in [5, 5.41) is 7.21. The van der Waals surface area contributed by atoms with Crippen LogP contribution >= 0.6 is 11.6 Å². The van der Waals surface area contributed by atoms with Gasteiger partial charge in [-0.3, -0.25) is 4.79 Å². The number of hydrogen-bond donors (Lipinski definition) is 1. The number of piperidine rings is 1. The van der Waals surface area contributed by atoms with Crippen molar-refractivity contribution in [3.05, 3.63) is 65.2 Å². The monoisotopic (exact) mass is 457 g/mol. The molecule has 32 heavy (non-hydrogen) atoms. The highest BCUT2D eigenvalue weighted by molar-refractivity contribution is 6.30. The van der Waals surface area contributed by atoms with Crippen molar-refractivity contribution in [2.45, 2.75) is 31.4 Å². The van der Waals surface area contributed by atoms with E-state index in [2.05, 4.69) is 10.5 Å². The highest BCUT2D eigenvalue weighted by Gasteiger charge is 2.44. The molecule has 8 nitrogen and oxygen atoms in total. The second kappa shape index (κ2) is 9.91. The third-order valence-electron chi connectivity index (χ3n) is 5.49. The van der Waals surface area contributed by atoms with Gasteiger partial charge in [0.1, 0.15) is 11.4 Å². The Morgan fingerprint density at radius 1 is 1.12 bits per heavy atom. The maximum absolute atomic E-state index is 12.5. The van der Waals surface area contributed by atoms with E-state index in [4.69, 9.17) is 25.9 Å². The van der Waals surface area contributed by atoms with Gasteiger partial charge in [-0.1, -0.05) is 53.2 Å². The van der Waals surface area contributed by atoms with E-state index in [1.807, 2.05) is 30.3 Å². The Bertz CT molecular complexity index is 990. The zero-order chi connectivity index (χ0) is 22.4. The Hall–Kier alpha value is -3.26. The van der Waals surface area contributed by atoms with Crippen LogP contribution in [0.2, 0.25) is 5.02 Å². The Labute approximate surface area is 191 Å². The summed E-state index contributed by atoms with van der Waals surface area (Å²) in [6.07, 6.45) is 1.02. The highest BCUT2D eigenvalue weighted by atomic mass is 35.5. The summed E-state index contributed by atoms with van der Waals surface area (Å²) in [6.45, 7) is 1.34. The fraction of sp³-hybridized carbons (Fsp3) is 0.348. The molecule has 2 heterocycles. The number of amides is 2. The van der Waals surface area contributed by atoms with Crippen LogP contribution in [-0.2, 0) is 20.9 Å². The van der Waals surface area contributed by atoms with E-state index in [9.17, 15) is 9.59 Å². The maximum atomic E-state index is 12.5. The molecule has 2 amide bonds. The molecule has 0 aliphatic carbocycles. The van der Waals surface area contributed by atoms with E-state index in [1.54, 1.807) is 29.2 Å². The SMILES string of the molecule is O=C(NCc1ccccc1)OC1=NOC2(CCN(C(=O)COc3cccc(Cl)c3)CC2)C1. The van der Waals surface area contributed by atoms with E-state index in [0.717, 1.165) is 5.56 Å². The zero-order valence-corrected chi connectivity index (χ0v) is 18.2. The first-order valence-corrected chi connectivity index (χ1v) is 10.8. The molecule has 2 aliphatic heterocycles. The molecule has 9 heteroatoms. The number of likely N-dealkylation sites (tertiary alicyclic amines) is 1. The van der Waals surface area contributed by atoms with Gasteiger partial charge in [-0.25, -0.2) is 4.79 Å². The summed E-state index contributed by atoms with van der Waals surface area (Å²) in [7, 11) is 0. The van der Waals surface area contributed by atoms with Crippen molar-refractivity contribution >= 4 is 29.5 Å². The smallest absolute Gasteiger partial charge is 0.414 e. The fourth-order valence-corrected chi connectivity index (χ4v) is 3.86. The first-order chi connectivity index (χ1) is 15.5. The number of oxime groups is 1. The number of alkyl carbamates (subject to hydrolysis) is 1. The number of ether oxygens (including phenoxy) is 2. The largest absolute Gasteiger partial charge is 0.484 e. The molecule has 0 radical (unpaired) electrons. The normalized spacial score (nSPS) is 16.8.